The lowest BCUT2D eigenvalue weighted by Gasteiger charge is -2.07. The minimum absolute atomic E-state index is 0.0571. The summed E-state index contributed by atoms with van der Waals surface area (Å²) in [5.74, 6) is -0.177. The molecule has 0 bridgehead atoms. The third-order valence-electron chi connectivity index (χ3n) is 1.66. The first-order chi connectivity index (χ1) is 6.06. The maximum atomic E-state index is 12.8. The summed E-state index contributed by atoms with van der Waals surface area (Å²) in [4.78, 5) is 10.8. The molecule has 0 spiro atoms. The van der Waals surface area contributed by atoms with E-state index in [9.17, 15) is 9.18 Å². The molecule has 0 aromatic heterocycles. The van der Waals surface area contributed by atoms with E-state index >= 15 is 0 Å². The van der Waals surface area contributed by atoms with Crippen LogP contribution in [0, 0.1) is 12.7 Å². The number of hydrogen-bond donors (Lipinski definition) is 0. The summed E-state index contributed by atoms with van der Waals surface area (Å²) in [6.07, 6.45) is 0. The van der Waals surface area contributed by atoms with E-state index in [1.807, 2.05) is 0 Å². The molecule has 1 aromatic rings. The molecule has 0 unspecified atom stereocenters. The fraction of sp³-hybridized carbons (Fsp3) is 0.222. The third kappa shape index (κ3) is 1.98. The van der Waals surface area contributed by atoms with Crippen LogP contribution in [-0.2, 0) is 0 Å². The van der Waals surface area contributed by atoms with Crippen LogP contribution in [-0.4, -0.2) is 12.4 Å². The molecule has 0 atom stereocenters. The van der Waals surface area contributed by atoms with Gasteiger partial charge >= 0.3 is 0 Å². The van der Waals surface area contributed by atoms with Gasteiger partial charge in [0.1, 0.15) is 11.6 Å². The van der Waals surface area contributed by atoms with Crippen molar-refractivity contribution in [2.75, 3.05) is 7.11 Å². The number of aryl methyl sites for hydroxylation is 1. The summed E-state index contributed by atoms with van der Waals surface area (Å²) in [5.41, 5.74) is 0.605. The van der Waals surface area contributed by atoms with Crippen LogP contribution in [0.4, 0.5) is 4.39 Å². The molecule has 0 radical (unpaired) electrons. The normalized spacial score (nSPS) is 9.85. The van der Waals surface area contributed by atoms with Crippen molar-refractivity contribution in [1.82, 2.24) is 0 Å². The Morgan fingerprint density at radius 1 is 1.54 bits per heavy atom. The molecule has 0 saturated carbocycles. The Balaban J connectivity index is 3.38. The van der Waals surface area contributed by atoms with Gasteiger partial charge in [-0.1, -0.05) is 0 Å². The molecule has 2 nitrogen and oxygen atoms in total. The van der Waals surface area contributed by atoms with Gasteiger partial charge in [0.15, 0.2) is 0 Å². The summed E-state index contributed by atoms with van der Waals surface area (Å²) in [7, 11) is 1.41. The smallest absolute Gasteiger partial charge is 0.256 e. The molecule has 0 fully saturated rings. The van der Waals surface area contributed by atoms with Crippen molar-refractivity contribution in [2.45, 2.75) is 6.92 Å². The monoisotopic (exact) mass is 202 g/mol. The number of hydrogen-bond acceptors (Lipinski definition) is 2. The van der Waals surface area contributed by atoms with Crippen molar-refractivity contribution < 1.29 is 13.9 Å². The molecule has 0 aliphatic carbocycles. The number of methoxy groups -OCH3 is 1. The fourth-order valence-corrected chi connectivity index (χ4v) is 1.29. The van der Waals surface area contributed by atoms with Crippen molar-refractivity contribution in [3.05, 3.63) is 29.1 Å². The van der Waals surface area contributed by atoms with E-state index in [0.717, 1.165) is 6.07 Å². The minimum Gasteiger partial charge on any atom is -0.496 e. The third-order valence-corrected chi connectivity index (χ3v) is 1.86. The minimum atomic E-state index is -0.723. The SMILES string of the molecule is COc1c(C)cc(F)cc1C(=O)Cl. The van der Waals surface area contributed by atoms with Gasteiger partial charge in [-0.15, -0.1) is 0 Å². The Bertz CT molecular complexity index is 350. The van der Waals surface area contributed by atoms with Crippen molar-refractivity contribution >= 4 is 16.8 Å². The Morgan fingerprint density at radius 2 is 2.15 bits per heavy atom. The van der Waals surface area contributed by atoms with Crippen LogP contribution in [0.1, 0.15) is 15.9 Å². The van der Waals surface area contributed by atoms with E-state index < -0.39 is 11.1 Å². The predicted octanol–water partition coefficient (Wildman–Crippen LogP) is 2.52. The van der Waals surface area contributed by atoms with Gasteiger partial charge in [-0.05, 0) is 36.2 Å². The number of halogens is 2. The second-order valence-electron chi connectivity index (χ2n) is 2.58. The van der Waals surface area contributed by atoms with Gasteiger partial charge in [0.2, 0.25) is 0 Å². The van der Waals surface area contributed by atoms with Gasteiger partial charge in [0, 0.05) is 0 Å². The predicted molar refractivity (Wildman–Crippen MR) is 47.9 cm³/mol. The zero-order valence-electron chi connectivity index (χ0n) is 7.23. The molecule has 1 rings (SSSR count). The van der Waals surface area contributed by atoms with Crippen LogP contribution in [0.5, 0.6) is 5.75 Å². The Morgan fingerprint density at radius 3 is 2.62 bits per heavy atom. The Kier molecular flexibility index (Phi) is 2.88. The van der Waals surface area contributed by atoms with Gasteiger partial charge in [-0.25, -0.2) is 4.39 Å². The summed E-state index contributed by atoms with van der Waals surface area (Å²) in [6.45, 7) is 1.64. The highest BCUT2D eigenvalue weighted by Crippen LogP contribution is 2.25. The lowest BCUT2D eigenvalue weighted by atomic mass is 10.1. The highest BCUT2D eigenvalue weighted by molar-refractivity contribution is 6.68. The van der Waals surface area contributed by atoms with Crippen LogP contribution in [0.2, 0.25) is 0 Å². The zero-order chi connectivity index (χ0) is 10.0. The molecule has 1 aromatic carbocycles. The Hall–Kier alpha value is -1.09. The van der Waals surface area contributed by atoms with Crippen molar-refractivity contribution in [3.63, 3.8) is 0 Å². The summed E-state index contributed by atoms with van der Waals surface area (Å²) in [6, 6.07) is 2.34. The maximum Gasteiger partial charge on any atom is 0.256 e. The van der Waals surface area contributed by atoms with Crippen molar-refractivity contribution in [3.8, 4) is 5.75 Å². The van der Waals surface area contributed by atoms with E-state index in [4.69, 9.17) is 16.3 Å². The molecule has 4 heteroatoms. The molecule has 0 heterocycles. The number of benzene rings is 1. The maximum absolute atomic E-state index is 12.8. The largest absolute Gasteiger partial charge is 0.496 e. The van der Waals surface area contributed by atoms with Gasteiger partial charge in [-0.2, -0.15) is 0 Å². The molecular weight excluding hydrogens is 195 g/mol. The summed E-state index contributed by atoms with van der Waals surface area (Å²) >= 11 is 5.25. The van der Waals surface area contributed by atoms with E-state index in [2.05, 4.69) is 0 Å². The second-order valence-corrected chi connectivity index (χ2v) is 2.92. The summed E-state index contributed by atoms with van der Waals surface area (Å²) < 4.78 is 17.8. The van der Waals surface area contributed by atoms with E-state index in [1.165, 1.54) is 13.2 Å². The molecule has 0 amide bonds. The lowest BCUT2D eigenvalue weighted by Crippen LogP contribution is -1.98. The first-order valence-electron chi connectivity index (χ1n) is 3.60. The number of rotatable bonds is 2. The number of ether oxygens (including phenoxy) is 1. The molecule has 13 heavy (non-hydrogen) atoms. The quantitative estimate of drug-likeness (QED) is 0.689. The average molecular weight is 203 g/mol. The van der Waals surface area contributed by atoms with Crippen molar-refractivity contribution in [1.29, 1.82) is 0 Å². The molecule has 70 valence electrons. The molecule has 0 N–H and O–H groups in total. The fourth-order valence-electron chi connectivity index (χ4n) is 1.15. The van der Waals surface area contributed by atoms with Crippen molar-refractivity contribution in [2.24, 2.45) is 0 Å². The van der Waals surface area contributed by atoms with Crippen LogP contribution >= 0.6 is 11.6 Å². The van der Waals surface area contributed by atoms with Gasteiger partial charge < -0.3 is 4.74 Å². The van der Waals surface area contributed by atoms with Gasteiger partial charge in [-0.3, -0.25) is 4.79 Å². The first kappa shape index (κ1) is 9.99. The van der Waals surface area contributed by atoms with Crippen LogP contribution < -0.4 is 4.74 Å². The molecule has 0 aliphatic rings. The Labute approximate surface area is 80.3 Å². The zero-order valence-corrected chi connectivity index (χ0v) is 7.98. The molecule has 0 saturated heterocycles. The second kappa shape index (κ2) is 3.75. The highest BCUT2D eigenvalue weighted by Gasteiger charge is 2.13. The number of carbonyl (C=O) groups excluding carboxylic acids is 1. The standard InChI is InChI=1S/C9H8ClFO2/c1-5-3-6(11)4-7(9(10)12)8(5)13-2/h3-4H,1-2H3. The van der Waals surface area contributed by atoms with Gasteiger partial charge in [0.25, 0.3) is 5.24 Å². The molecular formula is C9H8ClFO2. The summed E-state index contributed by atoms with van der Waals surface area (Å²) in [5, 5.41) is -0.723. The topological polar surface area (TPSA) is 26.3 Å². The molecule has 0 aliphatic heterocycles. The van der Waals surface area contributed by atoms with E-state index in [-0.39, 0.29) is 5.56 Å². The van der Waals surface area contributed by atoms with Gasteiger partial charge in [0.05, 0.1) is 12.7 Å². The highest BCUT2D eigenvalue weighted by atomic mass is 35.5. The first-order valence-corrected chi connectivity index (χ1v) is 3.98. The van der Waals surface area contributed by atoms with E-state index in [0.29, 0.717) is 11.3 Å². The van der Waals surface area contributed by atoms with Crippen LogP contribution in [0.15, 0.2) is 12.1 Å². The average Bonchev–Trinajstić information content (AvgIpc) is 2.02. The van der Waals surface area contributed by atoms with E-state index in [1.54, 1.807) is 6.92 Å². The lowest BCUT2D eigenvalue weighted by molar-refractivity contribution is 0.107. The van der Waals surface area contributed by atoms with Crippen LogP contribution in [0.3, 0.4) is 0 Å². The van der Waals surface area contributed by atoms with Crippen LogP contribution in [0.25, 0.3) is 0 Å². The number of carbonyl (C=O) groups is 1.